The van der Waals surface area contributed by atoms with Crippen LogP contribution in [0.15, 0.2) is 18.2 Å². The Labute approximate surface area is 96.1 Å². The van der Waals surface area contributed by atoms with Gasteiger partial charge < -0.3 is 5.11 Å². The highest BCUT2D eigenvalue weighted by molar-refractivity contribution is 6.42. The lowest BCUT2D eigenvalue weighted by Crippen LogP contribution is -2.19. The Hall–Kier alpha value is -1.26. The monoisotopic (exact) mass is 247 g/mol. The summed E-state index contributed by atoms with van der Waals surface area (Å²) < 4.78 is 0.686. The summed E-state index contributed by atoms with van der Waals surface area (Å²) in [6, 6.07) is 4.25. The summed E-state index contributed by atoms with van der Waals surface area (Å²) >= 11 is 11.4. The zero-order chi connectivity index (χ0) is 11.6. The van der Waals surface area contributed by atoms with Crippen LogP contribution in [-0.2, 0) is 4.79 Å². The van der Waals surface area contributed by atoms with Crippen LogP contribution in [0.5, 0.6) is 0 Å². The van der Waals surface area contributed by atoms with Gasteiger partial charge in [0.15, 0.2) is 0 Å². The molecule has 1 amide bonds. The molecule has 0 aliphatic heterocycles. The van der Waals surface area contributed by atoms with E-state index in [2.05, 4.69) is 0 Å². The average molecular weight is 248 g/mol. The minimum Gasteiger partial charge on any atom is -0.478 e. The van der Waals surface area contributed by atoms with Gasteiger partial charge in [0.05, 0.1) is 16.3 Å². The molecular formula is C9H7Cl2NO3. The normalized spacial score (nSPS) is 9.80. The lowest BCUT2D eigenvalue weighted by Gasteiger charge is -2.15. The number of carbonyl (C=O) groups is 2. The number of nitrogens with zero attached hydrogens (tertiary/aromatic N) is 1. The molecule has 0 saturated carbocycles. The van der Waals surface area contributed by atoms with Crippen LogP contribution in [0, 0.1) is 0 Å². The van der Waals surface area contributed by atoms with Crippen LogP contribution in [0.25, 0.3) is 0 Å². The number of aromatic carboxylic acids is 1. The van der Waals surface area contributed by atoms with Crippen molar-refractivity contribution in [1.82, 2.24) is 0 Å². The predicted octanol–water partition coefficient (Wildman–Crippen LogP) is 2.54. The standard InChI is InChI=1S/C9H7Cl2NO3/c1-5(13)12(11)8-6(9(14)15)3-2-4-7(8)10/h2-4H,1H3,(H,14,15). The SMILES string of the molecule is CC(=O)N(Cl)c1c(Cl)cccc1C(=O)O. The van der Waals surface area contributed by atoms with Gasteiger partial charge in [0, 0.05) is 18.7 Å². The first-order valence-corrected chi connectivity index (χ1v) is 4.65. The maximum atomic E-state index is 11.0. The Bertz CT molecular complexity index is 420. The van der Waals surface area contributed by atoms with Gasteiger partial charge in [-0.25, -0.2) is 9.21 Å². The molecule has 1 aromatic carbocycles. The summed E-state index contributed by atoms with van der Waals surface area (Å²) in [6.45, 7) is 1.21. The number of halogens is 2. The van der Waals surface area contributed by atoms with Crippen molar-refractivity contribution in [2.24, 2.45) is 0 Å². The van der Waals surface area contributed by atoms with Gasteiger partial charge in [-0.05, 0) is 12.1 Å². The molecule has 1 rings (SSSR count). The van der Waals surface area contributed by atoms with Crippen LogP contribution < -0.4 is 4.42 Å². The van der Waals surface area contributed by atoms with Gasteiger partial charge in [0.1, 0.15) is 0 Å². The van der Waals surface area contributed by atoms with E-state index in [9.17, 15) is 9.59 Å². The third-order valence-corrected chi connectivity index (χ3v) is 2.40. The van der Waals surface area contributed by atoms with E-state index in [-0.39, 0.29) is 16.3 Å². The first-order valence-electron chi connectivity index (χ1n) is 3.93. The number of amides is 1. The van der Waals surface area contributed by atoms with Crippen LogP contribution in [0.3, 0.4) is 0 Å². The van der Waals surface area contributed by atoms with Crippen LogP contribution >= 0.6 is 23.4 Å². The molecule has 0 bridgehead atoms. The van der Waals surface area contributed by atoms with E-state index in [0.717, 1.165) is 0 Å². The Morgan fingerprint density at radius 3 is 2.47 bits per heavy atom. The molecule has 1 aromatic rings. The van der Waals surface area contributed by atoms with Gasteiger partial charge in [-0.15, -0.1) is 0 Å². The zero-order valence-electron chi connectivity index (χ0n) is 7.70. The fourth-order valence-electron chi connectivity index (χ4n) is 1.04. The molecular weight excluding hydrogens is 241 g/mol. The van der Waals surface area contributed by atoms with Crippen molar-refractivity contribution in [3.8, 4) is 0 Å². The van der Waals surface area contributed by atoms with Crippen molar-refractivity contribution < 1.29 is 14.7 Å². The first-order chi connectivity index (χ1) is 6.95. The fourth-order valence-corrected chi connectivity index (χ4v) is 1.53. The van der Waals surface area contributed by atoms with Crippen molar-refractivity contribution in [2.75, 3.05) is 4.42 Å². The number of hydrogen-bond acceptors (Lipinski definition) is 2. The molecule has 0 aliphatic rings. The molecule has 0 atom stereocenters. The summed E-state index contributed by atoms with van der Waals surface area (Å²) in [4.78, 5) is 21.9. The maximum Gasteiger partial charge on any atom is 0.337 e. The smallest absolute Gasteiger partial charge is 0.337 e. The number of carboxylic acid groups (broad SMARTS) is 1. The van der Waals surface area contributed by atoms with Crippen molar-refractivity contribution in [2.45, 2.75) is 6.92 Å². The van der Waals surface area contributed by atoms with Crippen LogP contribution in [0.4, 0.5) is 5.69 Å². The minimum atomic E-state index is -1.19. The Morgan fingerprint density at radius 1 is 1.40 bits per heavy atom. The third-order valence-electron chi connectivity index (χ3n) is 1.69. The van der Waals surface area contributed by atoms with E-state index in [4.69, 9.17) is 28.5 Å². The van der Waals surface area contributed by atoms with E-state index in [1.165, 1.54) is 25.1 Å². The topological polar surface area (TPSA) is 57.6 Å². The van der Waals surface area contributed by atoms with Crippen molar-refractivity contribution in [3.05, 3.63) is 28.8 Å². The van der Waals surface area contributed by atoms with E-state index in [1.54, 1.807) is 0 Å². The van der Waals surface area contributed by atoms with Gasteiger partial charge >= 0.3 is 5.97 Å². The van der Waals surface area contributed by atoms with Crippen molar-refractivity contribution in [1.29, 1.82) is 0 Å². The summed E-state index contributed by atoms with van der Waals surface area (Å²) in [7, 11) is 0. The molecule has 6 heteroatoms. The minimum absolute atomic E-state index is 0.0131. The number of carbonyl (C=O) groups excluding carboxylic acids is 1. The van der Waals surface area contributed by atoms with E-state index in [1.807, 2.05) is 0 Å². The van der Waals surface area contributed by atoms with E-state index < -0.39 is 11.9 Å². The largest absolute Gasteiger partial charge is 0.478 e. The molecule has 0 spiro atoms. The second kappa shape index (κ2) is 4.51. The highest BCUT2D eigenvalue weighted by Gasteiger charge is 2.20. The number of anilines is 1. The molecule has 0 fully saturated rings. The third kappa shape index (κ3) is 2.40. The first kappa shape index (κ1) is 11.8. The molecule has 0 heterocycles. The van der Waals surface area contributed by atoms with Gasteiger partial charge in [0.2, 0.25) is 5.91 Å². The summed E-state index contributed by atoms with van der Waals surface area (Å²) in [5.41, 5.74) is -0.131. The maximum absolute atomic E-state index is 11.0. The van der Waals surface area contributed by atoms with E-state index >= 15 is 0 Å². The lowest BCUT2D eigenvalue weighted by atomic mass is 10.2. The molecule has 0 aliphatic carbocycles. The molecule has 0 aromatic heterocycles. The second-order valence-corrected chi connectivity index (χ2v) is 3.49. The predicted molar refractivity (Wildman–Crippen MR) is 57.4 cm³/mol. The van der Waals surface area contributed by atoms with Crippen molar-refractivity contribution >= 4 is 40.9 Å². The lowest BCUT2D eigenvalue weighted by molar-refractivity contribution is -0.115. The summed E-state index contributed by atoms with van der Waals surface area (Å²) in [5.74, 6) is -1.70. The van der Waals surface area contributed by atoms with Crippen LogP contribution in [0.1, 0.15) is 17.3 Å². The molecule has 1 N–H and O–H groups in total. The molecule has 0 unspecified atom stereocenters. The average Bonchev–Trinajstić information content (AvgIpc) is 2.16. The van der Waals surface area contributed by atoms with Crippen molar-refractivity contribution in [3.63, 3.8) is 0 Å². The number of carboxylic acids is 1. The fraction of sp³-hybridized carbons (Fsp3) is 0.111. The van der Waals surface area contributed by atoms with Gasteiger partial charge in [0.25, 0.3) is 0 Å². The number of benzene rings is 1. The number of hydrogen-bond donors (Lipinski definition) is 1. The van der Waals surface area contributed by atoms with Gasteiger partial charge in [-0.2, -0.15) is 0 Å². The van der Waals surface area contributed by atoms with Gasteiger partial charge in [-0.1, -0.05) is 17.7 Å². The van der Waals surface area contributed by atoms with Crippen LogP contribution in [0.2, 0.25) is 5.02 Å². The molecule has 15 heavy (non-hydrogen) atoms. The molecule has 0 radical (unpaired) electrons. The van der Waals surface area contributed by atoms with Gasteiger partial charge in [-0.3, -0.25) is 4.79 Å². The second-order valence-electron chi connectivity index (χ2n) is 2.74. The highest BCUT2D eigenvalue weighted by atomic mass is 35.5. The van der Waals surface area contributed by atoms with E-state index in [0.29, 0.717) is 4.42 Å². The number of para-hydroxylation sites is 1. The Balaban J connectivity index is 3.37. The molecule has 4 nitrogen and oxygen atoms in total. The Kier molecular flexibility index (Phi) is 3.55. The zero-order valence-corrected chi connectivity index (χ0v) is 9.21. The molecule has 80 valence electrons. The summed E-state index contributed by atoms with van der Waals surface area (Å²) in [5, 5.41) is 8.98. The highest BCUT2D eigenvalue weighted by Crippen LogP contribution is 2.31. The number of rotatable bonds is 2. The van der Waals surface area contributed by atoms with Crippen LogP contribution in [-0.4, -0.2) is 17.0 Å². The Morgan fingerprint density at radius 2 is 2.00 bits per heavy atom. The summed E-state index contributed by atoms with van der Waals surface area (Å²) in [6.07, 6.45) is 0. The quantitative estimate of drug-likeness (QED) is 0.818. The molecule has 0 saturated heterocycles.